The van der Waals surface area contributed by atoms with Crippen molar-refractivity contribution in [2.45, 2.75) is 18.9 Å². The summed E-state index contributed by atoms with van der Waals surface area (Å²) in [5.41, 5.74) is 9.47. The zero-order chi connectivity index (χ0) is 22.9. The number of nitrogens with zero attached hydrogens (tertiary/aromatic N) is 3. The molecule has 5 rings (SSSR count). The third-order valence-electron chi connectivity index (χ3n) is 6.03. The Bertz CT molecular complexity index is 1310. The van der Waals surface area contributed by atoms with Crippen LogP contribution >= 0.6 is 11.3 Å². The second kappa shape index (κ2) is 8.84. The van der Waals surface area contributed by atoms with Crippen LogP contribution in [0.4, 0.5) is 5.82 Å². The van der Waals surface area contributed by atoms with Gasteiger partial charge in [-0.3, -0.25) is 4.79 Å². The number of nitrogens with two attached hydrogens (primary N) is 1. The molecule has 9 heteroatoms. The summed E-state index contributed by atoms with van der Waals surface area (Å²) >= 11 is 1.45. The predicted molar refractivity (Wildman–Crippen MR) is 132 cm³/mol. The number of imidazole rings is 1. The minimum atomic E-state index is -0.0179. The van der Waals surface area contributed by atoms with Crippen LogP contribution in [0.3, 0.4) is 0 Å². The van der Waals surface area contributed by atoms with Gasteiger partial charge in [0, 0.05) is 28.7 Å². The van der Waals surface area contributed by atoms with Gasteiger partial charge in [-0.1, -0.05) is 0 Å². The van der Waals surface area contributed by atoms with Gasteiger partial charge in [-0.05, 0) is 63.3 Å². The standard InChI is InChI=1S/C24H26N6O2S/c1-30-9-7-15(8-10-30)27-24(31)21-6-5-20(33-21)14-11-17(22(25)26-13-14)23-28-18-4-3-16(32-2)12-19(18)29-23/h3-6,11-13,15H,7-10H2,1-2H3,(H2,25,26)(H,27,31)(H,28,29). The van der Waals surface area contributed by atoms with Gasteiger partial charge in [-0.2, -0.15) is 0 Å². The molecule has 1 aliphatic rings. The van der Waals surface area contributed by atoms with Crippen molar-refractivity contribution in [2.24, 2.45) is 0 Å². The molecule has 0 saturated carbocycles. The lowest BCUT2D eigenvalue weighted by Gasteiger charge is -2.29. The van der Waals surface area contributed by atoms with Crippen molar-refractivity contribution >= 4 is 34.1 Å². The zero-order valence-electron chi connectivity index (χ0n) is 18.6. The number of pyridine rings is 1. The van der Waals surface area contributed by atoms with Crippen molar-refractivity contribution in [3.8, 4) is 27.6 Å². The Morgan fingerprint density at radius 3 is 2.85 bits per heavy atom. The summed E-state index contributed by atoms with van der Waals surface area (Å²) in [5, 5.41) is 3.18. The van der Waals surface area contributed by atoms with E-state index in [1.807, 2.05) is 36.4 Å². The lowest BCUT2D eigenvalue weighted by Crippen LogP contribution is -2.43. The van der Waals surface area contributed by atoms with E-state index in [1.165, 1.54) is 11.3 Å². The highest BCUT2D eigenvalue weighted by Crippen LogP contribution is 2.33. The molecule has 1 aliphatic heterocycles. The summed E-state index contributed by atoms with van der Waals surface area (Å²) in [6.45, 7) is 2.02. The van der Waals surface area contributed by atoms with Gasteiger partial charge in [0.2, 0.25) is 0 Å². The topological polar surface area (TPSA) is 109 Å². The first-order valence-electron chi connectivity index (χ1n) is 10.9. The molecule has 4 N–H and O–H groups in total. The van der Waals surface area contributed by atoms with Crippen LogP contribution in [0, 0.1) is 0 Å². The van der Waals surface area contributed by atoms with Crippen LogP contribution in [0.15, 0.2) is 42.6 Å². The number of ether oxygens (including phenoxy) is 1. The van der Waals surface area contributed by atoms with Crippen molar-refractivity contribution in [1.29, 1.82) is 0 Å². The van der Waals surface area contributed by atoms with E-state index in [0.717, 1.165) is 53.2 Å². The number of anilines is 1. The lowest BCUT2D eigenvalue weighted by atomic mass is 10.1. The molecular formula is C24H26N6O2S. The number of thiophene rings is 1. The average molecular weight is 463 g/mol. The van der Waals surface area contributed by atoms with Gasteiger partial charge in [-0.15, -0.1) is 11.3 Å². The third kappa shape index (κ3) is 4.42. The number of benzene rings is 1. The average Bonchev–Trinajstić information content (AvgIpc) is 3.48. The first kappa shape index (κ1) is 21.4. The number of H-pyrrole nitrogens is 1. The molecule has 0 unspecified atom stereocenters. The predicted octanol–water partition coefficient (Wildman–Crippen LogP) is 3.77. The normalized spacial score (nSPS) is 15.1. The van der Waals surface area contributed by atoms with E-state index < -0.39 is 0 Å². The molecule has 1 amide bonds. The van der Waals surface area contributed by atoms with E-state index in [1.54, 1.807) is 13.3 Å². The van der Waals surface area contributed by atoms with Gasteiger partial charge in [0.15, 0.2) is 0 Å². The summed E-state index contributed by atoms with van der Waals surface area (Å²) < 4.78 is 5.29. The van der Waals surface area contributed by atoms with E-state index in [9.17, 15) is 4.79 Å². The molecule has 4 heterocycles. The molecule has 33 heavy (non-hydrogen) atoms. The van der Waals surface area contributed by atoms with Crippen LogP contribution in [0.1, 0.15) is 22.5 Å². The van der Waals surface area contributed by atoms with Gasteiger partial charge < -0.3 is 25.7 Å². The second-order valence-electron chi connectivity index (χ2n) is 8.34. The molecule has 1 aromatic carbocycles. The number of piperidine rings is 1. The molecule has 0 spiro atoms. The minimum Gasteiger partial charge on any atom is -0.497 e. The highest BCUT2D eigenvalue weighted by atomic mass is 32.1. The fourth-order valence-electron chi connectivity index (χ4n) is 4.07. The maximum absolute atomic E-state index is 12.8. The molecule has 4 aromatic rings. The Morgan fingerprint density at radius 1 is 1.24 bits per heavy atom. The number of rotatable bonds is 5. The number of aromatic nitrogens is 3. The summed E-state index contributed by atoms with van der Waals surface area (Å²) in [4.78, 5) is 29.0. The number of methoxy groups -OCH3 is 1. The van der Waals surface area contributed by atoms with Crippen molar-refractivity contribution in [3.63, 3.8) is 0 Å². The van der Waals surface area contributed by atoms with Gasteiger partial charge >= 0.3 is 0 Å². The minimum absolute atomic E-state index is 0.0179. The number of fused-ring (bicyclic) bond motifs is 1. The number of hydrogen-bond donors (Lipinski definition) is 3. The summed E-state index contributed by atoms with van der Waals surface area (Å²) in [5.74, 6) is 1.77. The van der Waals surface area contributed by atoms with Crippen LogP contribution in [-0.4, -0.2) is 59.0 Å². The zero-order valence-corrected chi connectivity index (χ0v) is 19.4. The Labute approximate surface area is 195 Å². The number of hydrogen-bond acceptors (Lipinski definition) is 7. The third-order valence-corrected chi connectivity index (χ3v) is 7.16. The van der Waals surface area contributed by atoms with Gasteiger partial charge in [0.1, 0.15) is 17.4 Å². The molecule has 0 atom stereocenters. The van der Waals surface area contributed by atoms with Crippen molar-refractivity contribution in [1.82, 2.24) is 25.2 Å². The molecule has 3 aromatic heterocycles. The van der Waals surface area contributed by atoms with Gasteiger partial charge in [0.05, 0.1) is 28.6 Å². The van der Waals surface area contributed by atoms with Crippen LogP contribution < -0.4 is 15.8 Å². The van der Waals surface area contributed by atoms with Crippen LogP contribution in [0.25, 0.3) is 32.9 Å². The molecule has 0 bridgehead atoms. The first-order valence-corrected chi connectivity index (χ1v) is 11.7. The number of carbonyl (C=O) groups is 1. The molecule has 8 nitrogen and oxygen atoms in total. The van der Waals surface area contributed by atoms with Gasteiger partial charge in [-0.25, -0.2) is 9.97 Å². The quantitative estimate of drug-likeness (QED) is 0.417. The molecule has 0 radical (unpaired) electrons. The smallest absolute Gasteiger partial charge is 0.261 e. The van der Waals surface area contributed by atoms with Crippen LogP contribution in [0.2, 0.25) is 0 Å². The van der Waals surface area contributed by atoms with Crippen LogP contribution in [0.5, 0.6) is 5.75 Å². The molecule has 0 aliphatic carbocycles. The number of aromatic amines is 1. The number of amides is 1. The summed E-state index contributed by atoms with van der Waals surface area (Å²) in [7, 11) is 3.74. The fraction of sp³-hybridized carbons (Fsp3) is 0.292. The van der Waals surface area contributed by atoms with E-state index in [0.29, 0.717) is 22.1 Å². The highest BCUT2D eigenvalue weighted by Gasteiger charge is 2.20. The number of nitrogens with one attached hydrogen (secondary N) is 2. The summed E-state index contributed by atoms with van der Waals surface area (Å²) in [6, 6.07) is 11.7. The largest absolute Gasteiger partial charge is 0.497 e. The van der Waals surface area contributed by atoms with E-state index >= 15 is 0 Å². The Kier molecular flexibility index (Phi) is 5.74. The Morgan fingerprint density at radius 2 is 2.06 bits per heavy atom. The van der Waals surface area contributed by atoms with Crippen molar-refractivity contribution in [2.75, 3.05) is 33.0 Å². The van der Waals surface area contributed by atoms with Crippen molar-refractivity contribution < 1.29 is 9.53 Å². The highest BCUT2D eigenvalue weighted by molar-refractivity contribution is 7.17. The molecule has 1 fully saturated rings. The lowest BCUT2D eigenvalue weighted by molar-refractivity contribution is 0.0921. The monoisotopic (exact) mass is 462 g/mol. The second-order valence-corrected chi connectivity index (χ2v) is 9.42. The number of carbonyl (C=O) groups excluding carboxylic acids is 1. The van der Waals surface area contributed by atoms with Crippen LogP contribution in [-0.2, 0) is 0 Å². The van der Waals surface area contributed by atoms with E-state index in [-0.39, 0.29) is 11.9 Å². The van der Waals surface area contributed by atoms with E-state index in [4.69, 9.17) is 10.5 Å². The maximum atomic E-state index is 12.8. The van der Waals surface area contributed by atoms with Gasteiger partial charge in [0.25, 0.3) is 5.91 Å². The fourth-order valence-corrected chi connectivity index (χ4v) is 4.96. The Balaban J connectivity index is 1.38. The molecular weight excluding hydrogens is 436 g/mol. The Hall–Kier alpha value is -3.43. The summed E-state index contributed by atoms with van der Waals surface area (Å²) in [6.07, 6.45) is 3.69. The maximum Gasteiger partial charge on any atom is 0.261 e. The number of nitrogen functional groups attached to an aromatic ring is 1. The van der Waals surface area contributed by atoms with Crippen molar-refractivity contribution in [3.05, 3.63) is 47.5 Å². The number of likely N-dealkylation sites (tertiary alicyclic amines) is 1. The molecule has 170 valence electrons. The first-order chi connectivity index (χ1) is 16.0. The molecule has 1 saturated heterocycles. The van der Waals surface area contributed by atoms with E-state index in [2.05, 4.69) is 32.2 Å². The SMILES string of the molecule is COc1ccc2nc(-c3cc(-c4ccc(C(=O)NC5CCN(C)CC5)s4)cnc3N)[nH]c2c1.